The fourth-order valence-corrected chi connectivity index (χ4v) is 1.69. The fourth-order valence-electron chi connectivity index (χ4n) is 1.69. The van der Waals surface area contributed by atoms with Crippen LogP contribution in [0.3, 0.4) is 0 Å². The molecule has 1 aromatic rings. The smallest absolute Gasteiger partial charge is 0.239 e. The summed E-state index contributed by atoms with van der Waals surface area (Å²) in [5.41, 5.74) is 0.730. The number of carbonyl (C=O) groups is 1. The summed E-state index contributed by atoms with van der Waals surface area (Å²) in [6, 6.07) is 0.983. The third-order valence-corrected chi connectivity index (χ3v) is 2.95. The molecule has 0 aliphatic rings. The lowest BCUT2D eigenvalue weighted by Gasteiger charge is -2.23. The standard InChI is InChI=1S/C13H20FN3O/c1-5-17(4)13(18)10(3)16-9(2)11-6-12(14)8-15-7-11/h6-10,16H,5H2,1-4H3. The second-order valence-electron chi connectivity index (χ2n) is 4.40. The first-order valence-corrected chi connectivity index (χ1v) is 6.07. The Labute approximate surface area is 107 Å². The summed E-state index contributed by atoms with van der Waals surface area (Å²) in [4.78, 5) is 17.3. The van der Waals surface area contributed by atoms with Gasteiger partial charge in [0.25, 0.3) is 0 Å². The van der Waals surface area contributed by atoms with Gasteiger partial charge in [-0.15, -0.1) is 0 Å². The lowest BCUT2D eigenvalue weighted by Crippen LogP contribution is -2.43. The van der Waals surface area contributed by atoms with E-state index in [0.29, 0.717) is 6.54 Å². The van der Waals surface area contributed by atoms with Crippen molar-refractivity contribution in [3.05, 3.63) is 29.8 Å². The van der Waals surface area contributed by atoms with Crippen LogP contribution in [0, 0.1) is 5.82 Å². The summed E-state index contributed by atoms with van der Waals surface area (Å²) >= 11 is 0. The number of hydrogen-bond donors (Lipinski definition) is 1. The van der Waals surface area contributed by atoms with Crippen molar-refractivity contribution in [3.63, 3.8) is 0 Å². The summed E-state index contributed by atoms with van der Waals surface area (Å²) in [5, 5.41) is 3.14. The van der Waals surface area contributed by atoms with Crippen LogP contribution in [0.15, 0.2) is 18.5 Å². The highest BCUT2D eigenvalue weighted by Gasteiger charge is 2.19. The molecule has 0 spiro atoms. The minimum absolute atomic E-state index is 0.0220. The van der Waals surface area contributed by atoms with Gasteiger partial charge in [0.2, 0.25) is 5.91 Å². The van der Waals surface area contributed by atoms with Crippen LogP contribution in [-0.2, 0) is 4.79 Å². The maximum absolute atomic E-state index is 13.0. The van der Waals surface area contributed by atoms with Gasteiger partial charge in [-0.2, -0.15) is 0 Å². The molecule has 1 aromatic heterocycles. The molecule has 4 nitrogen and oxygen atoms in total. The van der Waals surface area contributed by atoms with E-state index in [4.69, 9.17) is 0 Å². The van der Waals surface area contributed by atoms with Gasteiger partial charge in [-0.3, -0.25) is 15.1 Å². The largest absolute Gasteiger partial charge is 0.345 e. The highest BCUT2D eigenvalue weighted by atomic mass is 19.1. The van der Waals surface area contributed by atoms with E-state index < -0.39 is 0 Å². The minimum Gasteiger partial charge on any atom is -0.345 e. The number of amides is 1. The van der Waals surface area contributed by atoms with Crippen LogP contribution in [0.4, 0.5) is 4.39 Å². The predicted molar refractivity (Wildman–Crippen MR) is 68.5 cm³/mol. The maximum atomic E-state index is 13.0. The van der Waals surface area contributed by atoms with Crippen LogP contribution in [-0.4, -0.2) is 35.4 Å². The van der Waals surface area contributed by atoms with E-state index in [0.717, 1.165) is 11.8 Å². The van der Waals surface area contributed by atoms with Crippen molar-refractivity contribution >= 4 is 5.91 Å². The van der Waals surface area contributed by atoms with Gasteiger partial charge in [-0.1, -0.05) is 0 Å². The number of likely N-dealkylation sites (N-methyl/N-ethyl adjacent to an activating group) is 1. The van der Waals surface area contributed by atoms with Crippen LogP contribution < -0.4 is 5.32 Å². The molecule has 0 aromatic carbocycles. The summed E-state index contributed by atoms with van der Waals surface area (Å²) in [5.74, 6) is -0.348. The Morgan fingerprint density at radius 3 is 2.72 bits per heavy atom. The molecule has 18 heavy (non-hydrogen) atoms. The van der Waals surface area contributed by atoms with Crippen LogP contribution in [0.5, 0.6) is 0 Å². The average Bonchev–Trinajstić information content (AvgIpc) is 2.36. The first-order valence-electron chi connectivity index (χ1n) is 6.07. The number of hydrogen-bond acceptors (Lipinski definition) is 3. The van der Waals surface area contributed by atoms with Gasteiger partial charge in [0, 0.05) is 25.8 Å². The Bertz CT molecular complexity index is 411. The van der Waals surface area contributed by atoms with Gasteiger partial charge < -0.3 is 4.90 Å². The van der Waals surface area contributed by atoms with Gasteiger partial charge in [0.05, 0.1) is 12.2 Å². The number of nitrogens with zero attached hydrogens (tertiary/aromatic N) is 2. The first-order chi connectivity index (χ1) is 8.45. The second kappa shape index (κ2) is 6.44. The van der Waals surface area contributed by atoms with Crippen LogP contribution >= 0.6 is 0 Å². The molecule has 1 amide bonds. The third-order valence-electron chi connectivity index (χ3n) is 2.95. The van der Waals surface area contributed by atoms with E-state index in [9.17, 15) is 9.18 Å². The van der Waals surface area contributed by atoms with Gasteiger partial charge in [0.1, 0.15) is 5.82 Å². The van der Waals surface area contributed by atoms with Gasteiger partial charge in [-0.05, 0) is 32.4 Å². The van der Waals surface area contributed by atoms with Crippen molar-refractivity contribution in [2.24, 2.45) is 0 Å². The molecule has 1 N–H and O–H groups in total. The number of nitrogens with one attached hydrogen (secondary N) is 1. The third kappa shape index (κ3) is 3.77. The fraction of sp³-hybridized carbons (Fsp3) is 0.538. The molecule has 2 atom stereocenters. The molecular weight excluding hydrogens is 233 g/mol. The molecule has 0 bridgehead atoms. The van der Waals surface area contributed by atoms with E-state index in [1.54, 1.807) is 25.1 Å². The second-order valence-corrected chi connectivity index (χ2v) is 4.40. The molecule has 0 saturated carbocycles. The van der Waals surface area contributed by atoms with Crippen molar-refractivity contribution in [2.45, 2.75) is 32.9 Å². The van der Waals surface area contributed by atoms with Crippen molar-refractivity contribution < 1.29 is 9.18 Å². The molecule has 100 valence electrons. The Morgan fingerprint density at radius 2 is 2.17 bits per heavy atom. The van der Waals surface area contributed by atoms with Gasteiger partial charge >= 0.3 is 0 Å². The molecule has 2 unspecified atom stereocenters. The van der Waals surface area contributed by atoms with E-state index in [1.807, 2.05) is 13.8 Å². The number of halogens is 1. The van der Waals surface area contributed by atoms with E-state index in [-0.39, 0.29) is 23.8 Å². The Hall–Kier alpha value is -1.49. The summed E-state index contributed by atoms with van der Waals surface area (Å²) in [6.45, 7) is 6.27. The molecule has 0 saturated heterocycles. The lowest BCUT2D eigenvalue weighted by atomic mass is 10.1. The minimum atomic E-state index is -0.370. The van der Waals surface area contributed by atoms with Crippen LogP contribution in [0.25, 0.3) is 0 Å². The highest BCUT2D eigenvalue weighted by Crippen LogP contribution is 2.13. The molecule has 1 rings (SSSR count). The number of rotatable bonds is 5. The quantitative estimate of drug-likeness (QED) is 0.869. The Balaban J connectivity index is 2.64. The van der Waals surface area contributed by atoms with Crippen molar-refractivity contribution in [1.82, 2.24) is 15.2 Å². The zero-order chi connectivity index (χ0) is 13.7. The predicted octanol–water partition coefficient (Wildman–Crippen LogP) is 1.74. The zero-order valence-electron chi connectivity index (χ0n) is 11.3. The average molecular weight is 253 g/mol. The monoisotopic (exact) mass is 253 g/mol. The Morgan fingerprint density at radius 1 is 1.50 bits per heavy atom. The molecule has 0 aliphatic heterocycles. The summed E-state index contributed by atoms with van der Waals surface area (Å²) in [7, 11) is 1.76. The van der Waals surface area contributed by atoms with E-state index in [2.05, 4.69) is 10.3 Å². The summed E-state index contributed by atoms with van der Waals surface area (Å²) < 4.78 is 13.0. The van der Waals surface area contributed by atoms with Crippen LogP contribution in [0.2, 0.25) is 0 Å². The molecule has 0 radical (unpaired) electrons. The normalized spacial score (nSPS) is 14.1. The van der Waals surface area contributed by atoms with Crippen molar-refractivity contribution in [1.29, 1.82) is 0 Å². The summed E-state index contributed by atoms with van der Waals surface area (Å²) in [6.07, 6.45) is 2.76. The molecule has 0 fully saturated rings. The van der Waals surface area contributed by atoms with Gasteiger partial charge in [-0.25, -0.2) is 4.39 Å². The zero-order valence-corrected chi connectivity index (χ0v) is 11.3. The molecule has 5 heteroatoms. The van der Waals surface area contributed by atoms with Crippen molar-refractivity contribution in [2.75, 3.05) is 13.6 Å². The number of carbonyl (C=O) groups excluding carboxylic acids is 1. The SMILES string of the molecule is CCN(C)C(=O)C(C)NC(C)c1cncc(F)c1. The van der Waals surface area contributed by atoms with Gasteiger partial charge in [0.15, 0.2) is 0 Å². The topological polar surface area (TPSA) is 45.2 Å². The number of pyridine rings is 1. The highest BCUT2D eigenvalue weighted by molar-refractivity contribution is 5.81. The van der Waals surface area contributed by atoms with E-state index >= 15 is 0 Å². The molecular formula is C13H20FN3O. The first kappa shape index (κ1) is 14.6. The van der Waals surface area contributed by atoms with Crippen molar-refractivity contribution in [3.8, 4) is 0 Å². The molecule has 0 aliphatic carbocycles. The molecule has 1 heterocycles. The Kier molecular flexibility index (Phi) is 5.22. The lowest BCUT2D eigenvalue weighted by molar-refractivity contribution is -0.131. The van der Waals surface area contributed by atoms with E-state index in [1.165, 1.54) is 6.07 Å². The number of aromatic nitrogens is 1. The maximum Gasteiger partial charge on any atom is 0.239 e. The van der Waals surface area contributed by atoms with Crippen LogP contribution in [0.1, 0.15) is 32.4 Å².